The van der Waals surface area contributed by atoms with E-state index in [1.54, 1.807) is 0 Å². The number of alkyl halides is 3. The van der Waals surface area contributed by atoms with Gasteiger partial charge in [0.05, 0.1) is 11.3 Å². The lowest BCUT2D eigenvalue weighted by Gasteiger charge is -2.15. The second-order valence-electron chi connectivity index (χ2n) is 5.29. The molecule has 23 heavy (non-hydrogen) atoms. The van der Waals surface area contributed by atoms with Crippen molar-refractivity contribution in [1.29, 1.82) is 0 Å². The lowest BCUT2D eigenvalue weighted by Crippen LogP contribution is -2.30. The molecule has 2 N–H and O–H groups in total. The first-order valence-corrected chi connectivity index (χ1v) is 9.84. The molecular formula is C15H19F3N2OS2. The number of rotatable bonds is 7. The number of halogens is 3. The molecule has 1 amide bonds. The minimum absolute atomic E-state index is 0.146. The normalized spacial score (nSPS) is 18.0. The van der Waals surface area contributed by atoms with Crippen molar-refractivity contribution in [3.8, 4) is 0 Å². The van der Waals surface area contributed by atoms with Gasteiger partial charge in [0.1, 0.15) is 0 Å². The van der Waals surface area contributed by atoms with Gasteiger partial charge in [-0.15, -0.1) is 0 Å². The van der Waals surface area contributed by atoms with Crippen LogP contribution in [0.2, 0.25) is 0 Å². The number of hydrogen-bond donors (Lipinski definition) is 2. The van der Waals surface area contributed by atoms with Crippen molar-refractivity contribution < 1.29 is 18.0 Å². The number of amides is 1. The van der Waals surface area contributed by atoms with E-state index in [1.165, 1.54) is 30.4 Å². The van der Waals surface area contributed by atoms with E-state index in [1.807, 2.05) is 21.6 Å². The number of unbranched alkanes of at least 4 members (excludes halogenated alkanes) is 1. The topological polar surface area (TPSA) is 41.1 Å². The molecule has 1 aromatic carbocycles. The van der Waals surface area contributed by atoms with Gasteiger partial charge in [-0.2, -0.15) is 13.2 Å². The molecule has 0 aromatic heterocycles. The number of anilines is 1. The van der Waals surface area contributed by atoms with Crippen LogP contribution in [0.4, 0.5) is 18.9 Å². The number of carbonyl (C=O) groups excluding carboxylic acids is 1. The minimum Gasteiger partial charge on any atom is -0.298 e. The maximum absolute atomic E-state index is 12.8. The van der Waals surface area contributed by atoms with E-state index in [0.29, 0.717) is 11.7 Å². The Hall–Kier alpha value is -1.02. The average Bonchev–Trinajstić information content (AvgIpc) is 3.02. The molecule has 1 fully saturated rings. The SMILES string of the molecule is O=C(CCCCC1CCSS1)NNc1ccccc1C(F)(F)F. The first-order valence-electron chi connectivity index (χ1n) is 7.46. The molecule has 0 spiro atoms. The zero-order valence-electron chi connectivity index (χ0n) is 12.5. The number of benzene rings is 1. The Labute approximate surface area is 141 Å². The summed E-state index contributed by atoms with van der Waals surface area (Å²) in [7, 11) is 3.80. The maximum Gasteiger partial charge on any atom is 0.418 e. The van der Waals surface area contributed by atoms with Gasteiger partial charge in [-0.3, -0.25) is 15.6 Å². The molecule has 0 radical (unpaired) electrons. The molecular weight excluding hydrogens is 345 g/mol. The van der Waals surface area contributed by atoms with Gasteiger partial charge in [-0.1, -0.05) is 40.1 Å². The van der Waals surface area contributed by atoms with Crippen LogP contribution in [-0.2, 0) is 11.0 Å². The quantitative estimate of drug-likeness (QED) is 0.412. The van der Waals surface area contributed by atoms with E-state index in [0.717, 1.165) is 25.3 Å². The third-order valence-corrected chi connectivity index (χ3v) is 6.48. The van der Waals surface area contributed by atoms with E-state index < -0.39 is 11.7 Å². The summed E-state index contributed by atoms with van der Waals surface area (Å²) in [5.41, 5.74) is 3.78. The maximum atomic E-state index is 12.8. The number of nitrogens with one attached hydrogen (secondary N) is 2. The molecule has 0 bridgehead atoms. The summed E-state index contributed by atoms with van der Waals surface area (Å²) in [5, 5.41) is 0.680. The van der Waals surface area contributed by atoms with Gasteiger partial charge >= 0.3 is 6.18 Å². The fourth-order valence-electron chi connectivity index (χ4n) is 2.26. The van der Waals surface area contributed by atoms with Crippen LogP contribution in [-0.4, -0.2) is 16.9 Å². The first kappa shape index (κ1) is 18.3. The third kappa shape index (κ3) is 6.18. The van der Waals surface area contributed by atoms with Crippen molar-refractivity contribution >= 4 is 33.2 Å². The molecule has 0 aliphatic carbocycles. The standard InChI is InChI=1S/C15H19F3N2OS2/c16-15(17,18)12-6-2-3-7-13(12)19-20-14(21)8-4-1-5-11-9-10-22-23-11/h2-3,6-7,11,19H,1,4-5,8-10H2,(H,20,21). The Balaban J connectivity index is 1.70. The zero-order chi connectivity index (χ0) is 16.7. The predicted octanol–water partition coefficient (Wildman–Crippen LogP) is 4.86. The highest BCUT2D eigenvalue weighted by molar-refractivity contribution is 8.77. The number of para-hydroxylation sites is 1. The Bertz CT molecular complexity index is 520. The summed E-state index contributed by atoms with van der Waals surface area (Å²) in [5.74, 6) is 0.897. The fourth-order valence-corrected chi connectivity index (χ4v) is 5.29. The van der Waals surface area contributed by atoms with Crippen LogP contribution in [0.1, 0.15) is 37.7 Å². The summed E-state index contributed by atoms with van der Waals surface area (Å²) in [6.45, 7) is 0. The lowest BCUT2D eigenvalue weighted by molar-refractivity contribution is -0.137. The van der Waals surface area contributed by atoms with Gasteiger partial charge in [-0.05, 0) is 31.4 Å². The first-order chi connectivity index (χ1) is 11.0. The van der Waals surface area contributed by atoms with Gasteiger partial charge in [-0.25, -0.2) is 0 Å². The van der Waals surface area contributed by atoms with E-state index in [2.05, 4.69) is 10.9 Å². The van der Waals surface area contributed by atoms with E-state index in [4.69, 9.17) is 0 Å². The molecule has 3 nitrogen and oxygen atoms in total. The Morgan fingerprint density at radius 3 is 2.74 bits per heavy atom. The van der Waals surface area contributed by atoms with Gasteiger partial charge in [0, 0.05) is 17.4 Å². The third-order valence-electron chi connectivity index (χ3n) is 3.48. The highest BCUT2D eigenvalue weighted by Gasteiger charge is 2.33. The highest BCUT2D eigenvalue weighted by atomic mass is 33.1. The smallest absolute Gasteiger partial charge is 0.298 e. The molecule has 1 heterocycles. The van der Waals surface area contributed by atoms with Crippen LogP contribution in [0.25, 0.3) is 0 Å². The minimum atomic E-state index is -4.45. The molecule has 8 heteroatoms. The Morgan fingerprint density at radius 2 is 2.04 bits per heavy atom. The molecule has 1 unspecified atom stereocenters. The molecule has 1 aliphatic rings. The predicted molar refractivity (Wildman–Crippen MR) is 90.1 cm³/mol. The van der Waals surface area contributed by atoms with E-state index >= 15 is 0 Å². The largest absolute Gasteiger partial charge is 0.418 e. The van der Waals surface area contributed by atoms with Crippen LogP contribution in [0.15, 0.2) is 24.3 Å². The second kappa shape index (κ2) is 8.73. The van der Waals surface area contributed by atoms with Gasteiger partial charge in [0.25, 0.3) is 0 Å². The molecule has 0 saturated carbocycles. The van der Waals surface area contributed by atoms with Gasteiger partial charge < -0.3 is 0 Å². The fraction of sp³-hybridized carbons (Fsp3) is 0.533. The van der Waals surface area contributed by atoms with Crippen molar-refractivity contribution in [2.24, 2.45) is 0 Å². The summed E-state index contributed by atoms with van der Waals surface area (Å²) in [6.07, 6.45) is -0.121. The van der Waals surface area contributed by atoms with Crippen LogP contribution in [0, 0.1) is 0 Å². The Kier molecular flexibility index (Phi) is 6.95. The van der Waals surface area contributed by atoms with Crippen LogP contribution >= 0.6 is 21.6 Å². The second-order valence-corrected chi connectivity index (χ2v) is 8.08. The molecule has 1 aromatic rings. The number of hydrogen-bond acceptors (Lipinski definition) is 4. The number of hydrazine groups is 1. The molecule has 128 valence electrons. The van der Waals surface area contributed by atoms with E-state index in [-0.39, 0.29) is 11.6 Å². The monoisotopic (exact) mass is 364 g/mol. The van der Waals surface area contributed by atoms with Gasteiger partial charge in [0.2, 0.25) is 5.91 Å². The Morgan fingerprint density at radius 1 is 1.26 bits per heavy atom. The lowest BCUT2D eigenvalue weighted by atomic mass is 10.1. The van der Waals surface area contributed by atoms with Crippen molar-refractivity contribution in [3.05, 3.63) is 29.8 Å². The summed E-state index contributed by atoms with van der Waals surface area (Å²) < 4.78 is 38.4. The van der Waals surface area contributed by atoms with Crippen molar-refractivity contribution in [2.75, 3.05) is 11.2 Å². The van der Waals surface area contributed by atoms with Crippen molar-refractivity contribution in [2.45, 2.75) is 43.5 Å². The van der Waals surface area contributed by atoms with Gasteiger partial charge in [0.15, 0.2) is 0 Å². The van der Waals surface area contributed by atoms with Crippen LogP contribution in [0.3, 0.4) is 0 Å². The highest BCUT2D eigenvalue weighted by Crippen LogP contribution is 2.39. The molecule has 1 atom stereocenters. The molecule has 1 aliphatic heterocycles. The molecule has 2 rings (SSSR count). The molecule has 1 saturated heterocycles. The average molecular weight is 364 g/mol. The number of carbonyl (C=O) groups is 1. The van der Waals surface area contributed by atoms with E-state index in [9.17, 15) is 18.0 Å². The van der Waals surface area contributed by atoms with Crippen molar-refractivity contribution in [3.63, 3.8) is 0 Å². The van der Waals surface area contributed by atoms with Crippen LogP contribution in [0.5, 0.6) is 0 Å². The summed E-state index contributed by atoms with van der Waals surface area (Å²) in [6, 6.07) is 5.07. The zero-order valence-corrected chi connectivity index (χ0v) is 14.1. The summed E-state index contributed by atoms with van der Waals surface area (Å²) >= 11 is 0. The van der Waals surface area contributed by atoms with Crippen molar-refractivity contribution in [1.82, 2.24) is 5.43 Å². The summed E-state index contributed by atoms with van der Waals surface area (Å²) in [4.78, 5) is 11.7. The van der Waals surface area contributed by atoms with Crippen LogP contribution < -0.4 is 10.9 Å².